The lowest BCUT2D eigenvalue weighted by Gasteiger charge is -2.18. The zero-order chi connectivity index (χ0) is 20.4. The summed E-state index contributed by atoms with van der Waals surface area (Å²) in [4.78, 5) is 35.9. The van der Waals surface area contributed by atoms with E-state index in [9.17, 15) is 19.5 Å². The highest BCUT2D eigenvalue weighted by molar-refractivity contribution is 6.06. The molecule has 0 bridgehead atoms. The van der Waals surface area contributed by atoms with E-state index in [1.54, 1.807) is 0 Å². The van der Waals surface area contributed by atoms with Crippen LogP contribution in [0.2, 0.25) is 0 Å². The van der Waals surface area contributed by atoms with E-state index in [0.717, 1.165) is 30.4 Å². The molecule has 1 atom stereocenters. The minimum Gasteiger partial charge on any atom is -0.478 e. The molecule has 1 heterocycles. The Balaban J connectivity index is 2.03. The zero-order valence-corrected chi connectivity index (χ0v) is 16.6. The van der Waals surface area contributed by atoms with Crippen LogP contribution in [-0.2, 0) is 33.7 Å². The SMILES string of the molecule is CCc1c(C)c2c(c(C(=O)O)c1C/C=C1\CCCC1CC(=O)OC)C(=O)OC2. The fourth-order valence-electron chi connectivity index (χ4n) is 4.57. The number of methoxy groups -OCH3 is 1. The third-order valence-corrected chi connectivity index (χ3v) is 5.99. The van der Waals surface area contributed by atoms with Crippen molar-refractivity contribution in [2.45, 2.75) is 59.0 Å². The third-order valence-electron chi connectivity index (χ3n) is 5.99. The molecule has 0 radical (unpaired) electrons. The van der Waals surface area contributed by atoms with Gasteiger partial charge in [0.25, 0.3) is 0 Å². The molecule has 3 rings (SSSR count). The minimum atomic E-state index is -1.10. The number of allylic oxidation sites excluding steroid dienone is 2. The normalized spacial score (nSPS) is 19.6. The second-order valence-corrected chi connectivity index (χ2v) is 7.40. The van der Waals surface area contributed by atoms with Crippen molar-refractivity contribution in [1.82, 2.24) is 0 Å². The lowest BCUT2D eigenvalue weighted by atomic mass is 9.85. The molecule has 1 aromatic carbocycles. The fourth-order valence-corrected chi connectivity index (χ4v) is 4.57. The first-order valence-corrected chi connectivity index (χ1v) is 9.72. The highest BCUT2D eigenvalue weighted by Crippen LogP contribution is 2.37. The van der Waals surface area contributed by atoms with Gasteiger partial charge in [0.1, 0.15) is 6.61 Å². The molecule has 6 heteroatoms. The van der Waals surface area contributed by atoms with Gasteiger partial charge in [-0.25, -0.2) is 9.59 Å². The summed E-state index contributed by atoms with van der Waals surface area (Å²) < 4.78 is 9.92. The highest BCUT2D eigenvalue weighted by atomic mass is 16.5. The number of carbonyl (C=O) groups is 3. The Morgan fingerprint density at radius 1 is 1.32 bits per heavy atom. The van der Waals surface area contributed by atoms with Gasteiger partial charge in [0.15, 0.2) is 0 Å². The van der Waals surface area contributed by atoms with Gasteiger partial charge >= 0.3 is 17.9 Å². The summed E-state index contributed by atoms with van der Waals surface area (Å²) >= 11 is 0. The summed E-state index contributed by atoms with van der Waals surface area (Å²) in [5.74, 6) is -1.74. The molecule has 1 aliphatic carbocycles. The quantitative estimate of drug-likeness (QED) is 0.591. The molecule has 150 valence electrons. The van der Waals surface area contributed by atoms with Crippen LogP contribution >= 0.6 is 0 Å². The van der Waals surface area contributed by atoms with E-state index in [-0.39, 0.29) is 29.6 Å². The van der Waals surface area contributed by atoms with Crippen molar-refractivity contribution in [3.05, 3.63) is 45.0 Å². The summed E-state index contributed by atoms with van der Waals surface area (Å²) in [6.45, 7) is 4.05. The molecule has 1 saturated carbocycles. The first-order chi connectivity index (χ1) is 13.4. The summed E-state index contributed by atoms with van der Waals surface area (Å²) in [6, 6.07) is 0. The van der Waals surface area contributed by atoms with E-state index in [1.165, 1.54) is 12.7 Å². The summed E-state index contributed by atoms with van der Waals surface area (Å²) in [7, 11) is 1.39. The summed E-state index contributed by atoms with van der Waals surface area (Å²) in [5.41, 5.74) is 4.73. The van der Waals surface area contributed by atoms with E-state index >= 15 is 0 Å². The van der Waals surface area contributed by atoms with Crippen molar-refractivity contribution in [3.8, 4) is 0 Å². The van der Waals surface area contributed by atoms with E-state index in [0.29, 0.717) is 30.4 Å². The van der Waals surface area contributed by atoms with Gasteiger partial charge in [0.2, 0.25) is 0 Å². The molecular weight excluding hydrogens is 360 g/mol. The molecule has 1 aliphatic heterocycles. The number of benzene rings is 1. The molecule has 1 aromatic rings. The molecule has 0 saturated heterocycles. The van der Waals surface area contributed by atoms with Crippen molar-refractivity contribution < 1.29 is 29.0 Å². The fraction of sp³-hybridized carbons (Fsp3) is 0.500. The molecule has 1 unspecified atom stereocenters. The number of carbonyl (C=O) groups excluding carboxylic acids is 2. The number of hydrogen-bond acceptors (Lipinski definition) is 5. The molecule has 28 heavy (non-hydrogen) atoms. The molecule has 1 N–H and O–H groups in total. The topological polar surface area (TPSA) is 89.9 Å². The molecular formula is C22H26O6. The monoisotopic (exact) mass is 386 g/mol. The smallest absolute Gasteiger partial charge is 0.339 e. The number of aromatic carboxylic acids is 1. The van der Waals surface area contributed by atoms with Crippen molar-refractivity contribution in [2.75, 3.05) is 7.11 Å². The average Bonchev–Trinajstić information content (AvgIpc) is 3.26. The second-order valence-electron chi connectivity index (χ2n) is 7.40. The molecule has 0 aromatic heterocycles. The second kappa shape index (κ2) is 8.17. The Hall–Kier alpha value is -2.63. The van der Waals surface area contributed by atoms with Crippen LogP contribution in [0.3, 0.4) is 0 Å². The molecule has 0 spiro atoms. The molecule has 1 fully saturated rings. The minimum absolute atomic E-state index is 0.0688. The van der Waals surface area contributed by atoms with Gasteiger partial charge in [-0.2, -0.15) is 0 Å². The predicted molar refractivity (Wildman–Crippen MR) is 102 cm³/mol. The van der Waals surface area contributed by atoms with E-state index in [4.69, 9.17) is 9.47 Å². The average molecular weight is 386 g/mol. The number of carboxylic acids is 1. The Labute approximate surface area is 164 Å². The number of esters is 2. The van der Waals surface area contributed by atoms with Crippen LogP contribution in [0.5, 0.6) is 0 Å². The highest BCUT2D eigenvalue weighted by Gasteiger charge is 2.33. The number of ether oxygens (including phenoxy) is 2. The maximum absolute atomic E-state index is 12.2. The lowest BCUT2D eigenvalue weighted by molar-refractivity contribution is -0.141. The van der Waals surface area contributed by atoms with Gasteiger partial charge in [0, 0.05) is 5.56 Å². The number of fused-ring (bicyclic) bond motifs is 1. The lowest BCUT2D eigenvalue weighted by Crippen LogP contribution is -2.15. The van der Waals surface area contributed by atoms with Crippen LogP contribution in [0.4, 0.5) is 0 Å². The maximum Gasteiger partial charge on any atom is 0.339 e. The maximum atomic E-state index is 12.2. The summed E-state index contributed by atoms with van der Waals surface area (Å²) in [5, 5.41) is 9.86. The third kappa shape index (κ3) is 3.55. The van der Waals surface area contributed by atoms with Crippen molar-refractivity contribution in [2.24, 2.45) is 5.92 Å². The van der Waals surface area contributed by atoms with Gasteiger partial charge in [0.05, 0.1) is 24.7 Å². The Morgan fingerprint density at radius 3 is 2.71 bits per heavy atom. The van der Waals surface area contributed by atoms with Crippen LogP contribution in [-0.4, -0.2) is 30.1 Å². The van der Waals surface area contributed by atoms with E-state index in [2.05, 4.69) is 0 Å². The van der Waals surface area contributed by atoms with Crippen LogP contribution in [0.25, 0.3) is 0 Å². The first kappa shape index (κ1) is 20.1. The summed E-state index contributed by atoms with van der Waals surface area (Å²) in [6.07, 6.45) is 6.35. The largest absolute Gasteiger partial charge is 0.478 e. The van der Waals surface area contributed by atoms with Gasteiger partial charge in [-0.15, -0.1) is 0 Å². The molecule has 2 aliphatic rings. The van der Waals surface area contributed by atoms with E-state index in [1.807, 2.05) is 19.9 Å². The molecule has 0 amide bonds. The number of carboxylic acid groups (broad SMARTS) is 1. The van der Waals surface area contributed by atoms with Gasteiger partial charge in [-0.05, 0) is 61.6 Å². The van der Waals surface area contributed by atoms with Crippen molar-refractivity contribution in [3.63, 3.8) is 0 Å². The number of cyclic esters (lactones) is 1. The molecule has 6 nitrogen and oxygen atoms in total. The van der Waals surface area contributed by atoms with Crippen LogP contribution < -0.4 is 0 Å². The van der Waals surface area contributed by atoms with Crippen molar-refractivity contribution in [1.29, 1.82) is 0 Å². The first-order valence-electron chi connectivity index (χ1n) is 9.72. The van der Waals surface area contributed by atoms with Gasteiger partial charge in [-0.1, -0.05) is 18.6 Å². The van der Waals surface area contributed by atoms with Gasteiger partial charge in [-0.3, -0.25) is 4.79 Å². The number of rotatable bonds is 6. The van der Waals surface area contributed by atoms with Crippen LogP contribution in [0.15, 0.2) is 11.6 Å². The van der Waals surface area contributed by atoms with Gasteiger partial charge < -0.3 is 14.6 Å². The van der Waals surface area contributed by atoms with E-state index < -0.39 is 11.9 Å². The number of hydrogen-bond donors (Lipinski definition) is 1. The zero-order valence-electron chi connectivity index (χ0n) is 16.6. The standard InChI is InChI=1S/C22H26O6/c1-4-15-12(2)17-11-28-22(26)20(17)19(21(24)25)16(15)9-8-13-6-5-7-14(13)10-18(23)27-3/h8,14H,4-7,9-11H2,1-3H3,(H,24,25)/b13-8+. The predicted octanol–water partition coefficient (Wildman–Crippen LogP) is 3.76. The van der Waals surface area contributed by atoms with Crippen LogP contribution in [0, 0.1) is 12.8 Å². The Bertz CT molecular complexity index is 865. The Morgan fingerprint density at radius 2 is 2.07 bits per heavy atom. The Kier molecular flexibility index (Phi) is 5.87. The van der Waals surface area contributed by atoms with Crippen molar-refractivity contribution >= 4 is 17.9 Å². The van der Waals surface area contributed by atoms with Crippen LogP contribution in [0.1, 0.15) is 75.6 Å².